The summed E-state index contributed by atoms with van der Waals surface area (Å²) < 4.78 is 35.8. The van der Waals surface area contributed by atoms with Crippen molar-refractivity contribution in [3.8, 4) is 5.75 Å². The highest BCUT2D eigenvalue weighted by molar-refractivity contribution is 7.92. The van der Waals surface area contributed by atoms with Gasteiger partial charge in [-0.15, -0.1) is 4.36 Å². The number of nitrogens with zero attached hydrogens (tertiary/aromatic N) is 3. The highest BCUT2D eigenvalue weighted by Gasteiger charge is 2.44. The van der Waals surface area contributed by atoms with Crippen molar-refractivity contribution in [3.05, 3.63) is 94.8 Å². The fraction of sp³-hybridized carbons (Fsp3) is 0.487. The monoisotopic (exact) mass is 684 g/mol. The summed E-state index contributed by atoms with van der Waals surface area (Å²) in [5.41, 5.74) is 5.38. The number of rotatable bonds is 3. The second-order valence-electron chi connectivity index (χ2n) is 14.8. The fourth-order valence-electron chi connectivity index (χ4n) is 8.37. The van der Waals surface area contributed by atoms with Crippen LogP contribution in [0.2, 0.25) is 0 Å². The first-order valence-electron chi connectivity index (χ1n) is 17.6. The Labute approximate surface area is 290 Å². The van der Waals surface area contributed by atoms with Gasteiger partial charge in [0, 0.05) is 50.6 Å². The molecule has 1 saturated carbocycles. The van der Waals surface area contributed by atoms with Crippen LogP contribution in [0.4, 0.5) is 5.69 Å². The summed E-state index contributed by atoms with van der Waals surface area (Å²) in [6.45, 7) is 6.25. The van der Waals surface area contributed by atoms with E-state index >= 15 is 0 Å². The van der Waals surface area contributed by atoms with Gasteiger partial charge in [-0.25, -0.2) is 4.21 Å². The number of anilines is 1. The average Bonchev–Trinajstić information content (AvgIpc) is 3.43. The molecule has 10 heteroatoms. The summed E-state index contributed by atoms with van der Waals surface area (Å²) in [5.74, 6) is 0.294. The lowest BCUT2D eigenvalue weighted by Gasteiger charge is -2.46. The van der Waals surface area contributed by atoms with E-state index in [1.54, 1.807) is 36.2 Å². The lowest BCUT2D eigenvalue weighted by atomic mass is 9.68. The van der Waals surface area contributed by atoms with Crippen LogP contribution in [-0.2, 0) is 33.5 Å². The molecule has 1 fully saturated rings. The fourth-order valence-corrected chi connectivity index (χ4v) is 10.3. The Morgan fingerprint density at radius 2 is 2.02 bits per heavy atom. The van der Waals surface area contributed by atoms with Crippen LogP contribution < -0.4 is 14.4 Å². The van der Waals surface area contributed by atoms with Crippen molar-refractivity contribution in [2.75, 3.05) is 37.5 Å². The van der Waals surface area contributed by atoms with Gasteiger partial charge in [-0.05, 0) is 98.6 Å². The number of benzene rings is 2. The van der Waals surface area contributed by atoms with E-state index in [-0.39, 0.29) is 23.2 Å². The zero-order chi connectivity index (χ0) is 34.3. The number of carbonyl (C=O) groups is 2. The van der Waals surface area contributed by atoms with Crippen LogP contribution >= 0.6 is 0 Å². The van der Waals surface area contributed by atoms with Gasteiger partial charge in [0.15, 0.2) is 0 Å². The van der Waals surface area contributed by atoms with E-state index < -0.39 is 21.7 Å². The standard InChI is InChI=1S/C39H48N4O5S/c1-26-10-14-33-28(19-26)8-6-17-39(33)24-43-22-30-11-13-32(30)35(47-4)9-5-7-27(2)23-49(46,41-38(45)31-16-18-42(3)21-31)40-37(44)29-12-15-36(48-25-39)34(43)20-29/h5,9-10,12,14-16,18-21,27,30,32,35H,6-8,11,13,17,22-25H2,1-4H3,(H,40,41,44,45,46)/b9-5+/t27-,30-,32+,35-,39-,49-/m0/s1. The molecule has 0 saturated heterocycles. The van der Waals surface area contributed by atoms with Gasteiger partial charge in [-0.3, -0.25) is 14.3 Å². The maximum Gasteiger partial charge on any atom is 0.286 e. The van der Waals surface area contributed by atoms with Crippen LogP contribution in [0.1, 0.15) is 76.4 Å². The average molecular weight is 685 g/mol. The first kappa shape index (κ1) is 33.6. The number of amides is 2. The summed E-state index contributed by atoms with van der Waals surface area (Å²) in [5, 5.41) is 0. The number of nitrogens with one attached hydrogen (secondary N) is 1. The number of hydrogen-bond donors (Lipinski definition) is 1. The summed E-state index contributed by atoms with van der Waals surface area (Å²) in [7, 11) is 0.114. The van der Waals surface area contributed by atoms with Crippen LogP contribution in [0, 0.1) is 24.7 Å². The van der Waals surface area contributed by atoms with Crippen molar-refractivity contribution < 1.29 is 23.3 Å². The van der Waals surface area contributed by atoms with Crippen LogP contribution in [-0.4, -0.2) is 59.3 Å². The lowest BCUT2D eigenvalue weighted by molar-refractivity contribution is 0.0131. The molecule has 2 bridgehead atoms. The van der Waals surface area contributed by atoms with Crippen molar-refractivity contribution >= 4 is 27.4 Å². The predicted molar refractivity (Wildman–Crippen MR) is 193 cm³/mol. The van der Waals surface area contributed by atoms with Gasteiger partial charge in [0.25, 0.3) is 11.8 Å². The third-order valence-electron chi connectivity index (χ3n) is 11.1. The van der Waals surface area contributed by atoms with Crippen LogP contribution in [0.5, 0.6) is 5.75 Å². The first-order valence-corrected chi connectivity index (χ1v) is 19.3. The molecule has 1 spiro atoms. The number of fused-ring (bicyclic) bond motifs is 4. The van der Waals surface area contributed by atoms with E-state index in [2.05, 4.69) is 51.3 Å². The summed E-state index contributed by atoms with van der Waals surface area (Å²) in [4.78, 5) is 29.6. The van der Waals surface area contributed by atoms with Crippen molar-refractivity contribution in [3.63, 3.8) is 0 Å². The number of aromatic nitrogens is 1. The van der Waals surface area contributed by atoms with Crippen molar-refractivity contribution in [2.45, 2.75) is 63.9 Å². The van der Waals surface area contributed by atoms with E-state index in [4.69, 9.17) is 9.47 Å². The Morgan fingerprint density at radius 1 is 1.16 bits per heavy atom. The van der Waals surface area contributed by atoms with Gasteiger partial charge in [0.2, 0.25) is 0 Å². The quantitative estimate of drug-likeness (QED) is 0.321. The smallest absolute Gasteiger partial charge is 0.286 e. The molecule has 0 unspecified atom stereocenters. The number of carbonyl (C=O) groups excluding carboxylic acids is 2. The Kier molecular flexibility index (Phi) is 9.21. The van der Waals surface area contributed by atoms with E-state index in [1.165, 1.54) is 16.7 Å². The molecule has 2 aliphatic heterocycles. The topological polar surface area (TPSA) is 102 Å². The molecular weight excluding hydrogens is 637 g/mol. The Bertz CT molecular complexity index is 1910. The van der Waals surface area contributed by atoms with E-state index in [0.29, 0.717) is 36.0 Å². The third kappa shape index (κ3) is 6.82. The number of allylic oxidation sites excluding steroid dienone is 1. The van der Waals surface area contributed by atoms with Gasteiger partial charge in [0.1, 0.15) is 15.7 Å². The molecule has 2 aliphatic carbocycles. The predicted octanol–water partition coefficient (Wildman–Crippen LogP) is 6.40. The molecule has 4 aliphatic rings. The molecule has 7 rings (SSSR count). The molecule has 2 amide bonds. The molecule has 3 heterocycles. The maximum atomic E-state index is 14.4. The Hall–Kier alpha value is -3.89. The van der Waals surface area contributed by atoms with Gasteiger partial charge < -0.3 is 18.9 Å². The molecule has 3 aromatic rings. The van der Waals surface area contributed by atoms with Crippen LogP contribution in [0.3, 0.4) is 0 Å². The molecule has 49 heavy (non-hydrogen) atoms. The number of hydrogen-bond acceptors (Lipinski definition) is 6. The van der Waals surface area contributed by atoms with Crippen molar-refractivity contribution in [1.29, 1.82) is 0 Å². The molecule has 1 aromatic heterocycles. The van der Waals surface area contributed by atoms with Crippen LogP contribution in [0.25, 0.3) is 0 Å². The van der Waals surface area contributed by atoms with Crippen LogP contribution in [0.15, 0.2) is 71.4 Å². The molecule has 9 nitrogen and oxygen atoms in total. The van der Waals surface area contributed by atoms with Gasteiger partial charge in [-0.2, -0.15) is 0 Å². The summed E-state index contributed by atoms with van der Waals surface area (Å²) >= 11 is 0. The summed E-state index contributed by atoms with van der Waals surface area (Å²) in [6, 6.07) is 13.9. The van der Waals surface area contributed by atoms with Gasteiger partial charge >= 0.3 is 0 Å². The molecule has 6 atom stereocenters. The highest BCUT2D eigenvalue weighted by Crippen LogP contribution is 2.47. The van der Waals surface area contributed by atoms with Crippen molar-refractivity contribution in [2.24, 2.45) is 29.2 Å². The second kappa shape index (κ2) is 13.4. The van der Waals surface area contributed by atoms with Crippen molar-refractivity contribution in [1.82, 2.24) is 9.29 Å². The SMILES string of the molecule is CO[C@H]1/C=C/C[C@H](C)C[S@@](=O)(NC(=O)c2ccn(C)c2)=NC(=O)c2ccc3c(c2)N(C[C@@H]2CC[C@H]21)C[C@@]1(CCCc2cc(C)ccc21)CO3. The first-order chi connectivity index (χ1) is 23.5. The molecular formula is C39H48N4O5S. The normalized spacial score (nSPS) is 30.5. The zero-order valence-electron chi connectivity index (χ0n) is 29.0. The van der Waals surface area contributed by atoms with Gasteiger partial charge in [0.05, 0.1) is 29.7 Å². The summed E-state index contributed by atoms with van der Waals surface area (Å²) in [6.07, 6.45) is 13.6. The minimum absolute atomic E-state index is 0.0337. The Morgan fingerprint density at radius 3 is 2.78 bits per heavy atom. The second-order valence-corrected chi connectivity index (χ2v) is 16.8. The molecule has 260 valence electrons. The number of methoxy groups -OCH3 is 1. The highest BCUT2D eigenvalue weighted by atomic mass is 32.2. The van der Waals surface area contributed by atoms with E-state index in [0.717, 1.165) is 56.6 Å². The molecule has 2 aromatic carbocycles. The Balaban J connectivity index is 1.31. The largest absolute Gasteiger partial charge is 0.490 e. The third-order valence-corrected chi connectivity index (χ3v) is 13.0. The number of aryl methyl sites for hydroxylation is 3. The zero-order valence-corrected chi connectivity index (χ0v) is 29.8. The maximum absolute atomic E-state index is 14.4. The van der Waals surface area contributed by atoms with E-state index in [9.17, 15) is 13.8 Å². The number of ether oxygens (including phenoxy) is 2. The van der Waals surface area contributed by atoms with Gasteiger partial charge in [-0.1, -0.05) is 42.8 Å². The lowest BCUT2D eigenvalue weighted by Crippen LogP contribution is -2.49. The van der Waals surface area contributed by atoms with E-state index in [1.807, 2.05) is 26.1 Å². The molecule has 0 radical (unpaired) electrons. The minimum Gasteiger partial charge on any atom is -0.490 e. The minimum atomic E-state index is -3.47. The molecule has 1 N–H and O–H groups in total.